The first kappa shape index (κ1) is 11.4. The third-order valence-corrected chi connectivity index (χ3v) is 2.68. The van der Waals surface area contributed by atoms with E-state index in [9.17, 15) is 4.79 Å². The number of carbonyl (C=O) groups excluding carboxylic acids is 1. The van der Waals surface area contributed by atoms with Crippen molar-refractivity contribution in [3.05, 3.63) is 0 Å². The van der Waals surface area contributed by atoms with Crippen molar-refractivity contribution in [3.63, 3.8) is 0 Å². The van der Waals surface area contributed by atoms with Gasteiger partial charge in [-0.05, 0) is 19.3 Å². The van der Waals surface area contributed by atoms with Gasteiger partial charge >= 0.3 is 0 Å². The second-order valence-electron chi connectivity index (χ2n) is 3.84. The van der Waals surface area contributed by atoms with Crippen molar-refractivity contribution >= 4 is 5.91 Å². The molecular formula is C9H18N2O3. The molecule has 0 aliphatic heterocycles. The SMILES string of the molecule is COCC(N)C(=O)NC1(CO)CCC1. The van der Waals surface area contributed by atoms with Crippen molar-refractivity contribution in [2.24, 2.45) is 5.73 Å². The van der Waals surface area contributed by atoms with Crippen molar-refractivity contribution in [1.82, 2.24) is 5.32 Å². The minimum atomic E-state index is -0.649. The van der Waals surface area contributed by atoms with Crippen molar-refractivity contribution in [2.75, 3.05) is 20.3 Å². The average Bonchev–Trinajstić information content (AvgIpc) is 2.11. The molecule has 5 nitrogen and oxygen atoms in total. The van der Waals surface area contributed by atoms with Gasteiger partial charge in [-0.25, -0.2) is 0 Å². The third-order valence-electron chi connectivity index (χ3n) is 2.68. The summed E-state index contributed by atoms with van der Waals surface area (Å²) in [5.74, 6) is -0.249. The van der Waals surface area contributed by atoms with Crippen LogP contribution in [0.3, 0.4) is 0 Å². The van der Waals surface area contributed by atoms with Crippen LogP contribution in [0.2, 0.25) is 0 Å². The summed E-state index contributed by atoms with van der Waals surface area (Å²) < 4.78 is 4.78. The zero-order valence-corrected chi connectivity index (χ0v) is 8.45. The first-order valence-electron chi connectivity index (χ1n) is 4.81. The molecule has 0 radical (unpaired) electrons. The molecular weight excluding hydrogens is 184 g/mol. The predicted octanol–water partition coefficient (Wildman–Crippen LogP) is -1.01. The standard InChI is InChI=1S/C9H18N2O3/c1-14-5-7(10)8(13)11-9(6-12)3-2-4-9/h7,12H,2-6,10H2,1H3,(H,11,13). The Morgan fingerprint density at radius 2 is 2.36 bits per heavy atom. The number of hydrogen-bond acceptors (Lipinski definition) is 4. The van der Waals surface area contributed by atoms with Gasteiger partial charge in [0.25, 0.3) is 0 Å². The van der Waals surface area contributed by atoms with Gasteiger partial charge in [0, 0.05) is 7.11 Å². The van der Waals surface area contributed by atoms with E-state index < -0.39 is 11.6 Å². The van der Waals surface area contributed by atoms with Crippen molar-refractivity contribution < 1.29 is 14.6 Å². The van der Waals surface area contributed by atoms with Crippen LogP contribution < -0.4 is 11.1 Å². The molecule has 0 saturated heterocycles. The van der Waals surface area contributed by atoms with Gasteiger partial charge in [-0.2, -0.15) is 0 Å². The van der Waals surface area contributed by atoms with E-state index in [4.69, 9.17) is 15.6 Å². The smallest absolute Gasteiger partial charge is 0.239 e. The van der Waals surface area contributed by atoms with Crippen LogP contribution >= 0.6 is 0 Å². The van der Waals surface area contributed by atoms with Crippen LogP contribution in [0.25, 0.3) is 0 Å². The van der Waals surface area contributed by atoms with E-state index in [1.807, 2.05) is 0 Å². The summed E-state index contributed by atoms with van der Waals surface area (Å²) in [4.78, 5) is 11.5. The van der Waals surface area contributed by atoms with Crippen molar-refractivity contribution in [1.29, 1.82) is 0 Å². The number of rotatable bonds is 5. The van der Waals surface area contributed by atoms with Gasteiger partial charge in [0.1, 0.15) is 6.04 Å². The van der Waals surface area contributed by atoms with Crippen molar-refractivity contribution in [2.45, 2.75) is 30.8 Å². The molecule has 1 atom stereocenters. The monoisotopic (exact) mass is 202 g/mol. The number of aliphatic hydroxyl groups is 1. The van der Waals surface area contributed by atoms with Crippen LogP contribution in [0.1, 0.15) is 19.3 Å². The lowest BCUT2D eigenvalue weighted by Gasteiger charge is -2.41. The number of methoxy groups -OCH3 is 1. The molecule has 0 aromatic carbocycles. The molecule has 1 aliphatic rings. The Bertz CT molecular complexity index is 199. The predicted molar refractivity (Wildman–Crippen MR) is 51.7 cm³/mol. The van der Waals surface area contributed by atoms with Crippen LogP contribution in [0.5, 0.6) is 0 Å². The minimum absolute atomic E-state index is 0.0154. The first-order chi connectivity index (χ1) is 6.63. The Morgan fingerprint density at radius 1 is 1.71 bits per heavy atom. The Kier molecular flexibility index (Phi) is 3.86. The van der Waals surface area contributed by atoms with E-state index in [0.717, 1.165) is 19.3 Å². The second kappa shape index (κ2) is 4.72. The molecule has 1 saturated carbocycles. The summed E-state index contributed by atoms with van der Waals surface area (Å²) in [7, 11) is 1.50. The maximum Gasteiger partial charge on any atom is 0.239 e. The zero-order chi connectivity index (χ0) is 10.6. The van der Waals surface area contributed by atoms with E-state index >= 15 is 0 Å². The topological polar surface area (TPSA) is 84.6 Å². The Morgan fingerprint density at radius 3 is 2.71 bits per heavy atom. The van der Waals surface area contributed by atoms with Crippen molar-refractivity contribution in [3.8, 4) is 0 Å². The highest BCUT2D eigenvalue weighted by atomic mass is 16.5. The maximum atomic E-state index is 11.5. The fourth-order valence-corrected chi connectivity index (χ4v) is 1.54. The van der Waals surface area contributed by atoms with Gasteiger partial charge in [-0.3, -0.25) is 4.79 Å². The number of ether oxygens (including phenoxy) is 1. The lowest BCUT2D eigenvalue weighted by molar-refractivity contribution is -0.127. The minimum Gasteiger partial charge on any atom is -0.394 e. The highest BCUT2D eigenvalue weighted by Gasteiger charge is 2.38. The Balaban J connectivity index is 2.38. The summed E-state index contributed by atoms with van der Waals surface area (Å²) in [6.45, 7) is 0.186. The lowest BCUT2D eigenvalue weighted by atomic mass is 9.77. The number of carbonyl (C=O) groups is 1. The van der Waals surface area contributed by atoms with Gasteiger partial charge < -0.3 is 20.9 Å². The molecule has 5 heteroatoms. The molecule has 1 aliphatic carbocycles. The molecule has 14 heavy (non-hydrogen) atoms. The van der Waals surface area contributed by atoms with Gasteiger partial charge in [-0.1, -0.05) is 0 Å². The number of aliphatic hydroxyl groups excluding tert-OH is 1. The van der Waals surface area contributed by atoms with Crippen LogP contribution in [-0.4, -0.2) is 42.9 Å². The Labute approximate surface area is 83.6 Å². The maximum absolute atomic E-state index is 11.5. The average molecular weight is 202 g/mol. The lowest BCUT2D eigenvalue weighted by Crippen LogP contribution is -2.60. The number of hydrogen-bond donors (Lipinski definition) is 3. The molecule has 1 amide bonds. The van der Waals surface area contributed by atoms with Crippen LogP contribution in [0.4, 0.5) is 0 Å². The largest absolute Gasteiger partial charge is 0.394 e. The quantitative estimate of drug-likeness (QED) is 0.533. The highest BCUT2D eigenvalue weighted by Crippen LogP contribution is 2.31. The van der Waals surface area contributed by atoms with E-state index in [0.29, 0.717) is 0 Å². The van der Waals surface area contributed by atoms with E-state index in [1.54, 1.807) is 0 Å². The molecule has 82 valence electrons. The molecule has 0 spiro atoms. The molecule has 4 N–H and O–H groups in total. The molecule has 1 rings (SSSR count). The summed E-state index contributed by atoms with van der Waals surface area (Å²) in [6, 6.07) is -0.649. The molecule has 0 bridgehead atoms. The molecule has 0 aromatic rings. The van der Waals surface area contributed by atoms with Gasteiger partial charge in [0.2, 0.25) is 5.91 Å². The normalized spacial score (nSPS) is 21.1. The summed E-state index contributed by atoms with van der Waals surface area (Å²) in [6.07, 6.45) is 2.70. The first-order valence-corrected chi connectivity index (χ1v) is 4.81. The summed E-state index contributed by atoms with van der Waals surface area (Å²) in [5.41, 5.74) is 5.14. The zero-order valence-electron chi connectivity index (χ0n) is 8.45. The fraction of sp³-hybridized carbons (Fsp3) is 0.889. The third kappa shape index (κ3) is 2.43. The van der Waals surface area contributed by atoms with Gasteiger partial charge in [0.05, 0.1) is 18.8 Å². The van der Waals surface area contributed by atoms with Crippen LogP contribution in [0, 0.1) is 0 Å². The Hall–Kier alpha value is -0.650. The van der Waals surface area contributed by atoms with E-state index in [2.05, 4.69) is 5.32 Å². The molecule has 0 heterocycles. The van der Waals surface area contributed by atoms with Gasteiger partial charge in [0.15, 0.2) is 0 Å². The number of nitrogens with one attached hydrogen (secondary N) is 1. The number of amides is 1. The molecule has 1 fully saturated rings. The summed E-state index contributed by atoms with van der Waals surface area (Å²) in [5, 5.41) is 11.9. The fourth-order valence-electron chi connectivity index (χ4n) is 1.54. The molecule has 1 unspecified atom stereocenters. The molecule has 0 aromatic heterocycles. The number of nitrogens with two attached hydrogens (primary N) is 1. The highest BCUT2D eigenvalue weighted by molar-refractivity contribution is 5.82. The summed E-state index contributed by atoms with van der Waals surface area (Å²) >= 11 is 0. The van der Waals surface area contributed by atoms with Crippen LogP contribution in [-0.2, 0) is 9.53 Å². The van der Waals surface area contributed by atoms with Crippen LogP contribution in [0.15, 0.2) is 0 Å². The van der Waals surface area contributed by atoms with E-state index in [1.165, 1.54) is 7.11 Å². The van der Waals surface area contributed by atoms with Gasteiger partial charge in [-0.15, -0.1) is 0 Å². The van der Waals surface area contributed by atoms with E-state index in [-0.39, 0.29) is 19.1 Å². The second-order valence-corrected chi connectivity index (χ2v) is 3.84.